The SMILES string of the molecule is O=C(O)C1=CC(C(=O)O)=[N+]2C=NC3=C2C1c1[nH]c(C(=O)O)cc1C3=O. The molecule has 0 saturated heterocycles. The number of aromatic carboxylic acids is 1. The number of rotatable bonds is 3. The number of carbonyl (C=O) groups excluding carboxylic acids is 1. The van der Waals surface area contributed by atoms with E-state index in [-0.39, 0.29) is 39.6 Å². The average molecular weight is 342 g/mol. The second-order valence-electron chi connectivity index (χ2n) is 5.52. The third-order valence-corrected chi connectivity index (χ3v) is 4.23. The molecule has 1 unspecified atom stereocenters. The van der Waals surface area contributed by atoms with Crippen molar-refractivity contribution in [3.8, 4) is 0 Å². The predicted octanol–water partition coefficient (Wildman–Crippen LogP) is -0.191. The lowest BCUT2D eigenvalue weighted by molar-refractivity contribution is -0.340. The Balaban J connectivity index is 2.05. The molecule has 124 valence electrons. The highest BCUT2D eigenvalue weighted by Gasteiger charge is 2.51. The molecule has 0 spiro atoms. The van der Waals surface area contributed by atoms with Crippen molar-refractivity contribution in [2.24, 2.45) is 4.99 Å². The number of carboxylic acids is 3. The molecule has 0 amide bonds. The second-order valence-corrected chi connectivity index (χ2v) is 5.52. The van der Waals surface area contributed by atoms with Gasteiger partial charge in [-0.05, 0) is 11.1 Å². The number of carboxylic acid groups (broad SMARTS) is 3. The van der Waals surface area contributed by atoms with Gasteiger partial charge in [-0.25, -0.2) is 14.4 Å². The van der Waals surface area contributed by atoms with E-state index in [0.717, 1.165) is 23.1 Å². The van der Waals surface area contributed by atoms with E-state index in [4.69, 9.17) is 5.11 Å². The van der Waals surface area contributed by atoms with Crippen molar-refractivity contribution < 1.29 is 39.1 Å². The number of nitrogens with one attached hydrogen (secondary N) is 1. The Morgan fingerprint density at radius 1 is 1.12 bits per heavy atom. The summed E-state index contributed by atoms with van der Waals surface area (Å²) < 4.78 is 1.14. The smallest absolute Gasteiger partial charge is 0.376 e. The Labute approximate surface area is 137 Å². The minimum Gasteiger partial charge on any atom is -0.478 e. The molecule has 3 aliphatic rings. The van der Waals surface area contributed by atoms with Crippen LogP contribution in [0.15, 0.2) is 34.1 Å². The number of hydrogen-bond donors (Lipinski definition) is 4. The molecule has 0 aromatic carbocycles. The molecule has 0 saturated carbocycles. The highest BCUT2D eigenvalue weighted by atomic mass is 16.4. The summed E-state index contributed by atoms with van der Waals surface area (Å²) in [6.07, 6.45) is 2.12. The number of H-pyrrole nitrogens is 1. The highest BCUT2D eigenvalue weighted by molar-refractivity contribution is 6.40. The van der Waals surface area contributed by atoms with Crippen LogP contribution in [0.2, 0.25) is 0 Å². The van der Waals surface area contributed by atoms with E-state index >= 15 is 0 Å². The van der Waals surface area contributed by atoms with Crippen molar-refractivity contribution in [1.29, 1.82) is 0 Å². The van der Waals surface area contributed by atoms with Crippen LogP contribution in [-0.2, 0) is 9.59 Å². The van der Waals surface area contributed by atoms with Gasteiger partial charge in [0.15, 0.2) is 5.70 Å². The van der Waals surface area contributed by atoms with E-state index in [1.165, 1.54) is 0 Å². The number of ketones is 1. The van der Waals surface area contributed by atoms with Gasteiger partial charge in [0.2, 0.25) is 11.5 Å². The van der Waals surface area contributed by atoms with Crippen molar-refractivity contribution in [2.75, 3.05) is 0 Å². The molecular formula is C15H8N3O7+. The molecule has 25 heavy (non-hydrogen) atoms. The monoisotopic (exact) mass is 342 g/mol. The van der Waals surface area contributed by atoms with E-state index in [9.17, 15) is 29.4 Å². The van der Waals surface area contributed by atoms with Crippen molar-refractivity contribution >= 4 is 35.7 Å². The van der Waals surface area contributed by atoms with E-state index in [0.29, 0.717) is 0 Å². The van der Waals surface area contributed by atoms with Gasteiger partial charge in [-0.15, -0.1) is 0 Å². The molecule has 10 heteroatoms. The molecule has 3 heterocycles. The molecule has 4 N–H and O–H groups in total. The lowest BCUT2D eigenvalue weighted by atomic mass is 9.81. The average Bonchev–Trinajstić information content (AvgIpc) is 3.17. The van der Waals surface area contributed by atoms with Crippen LogP contribution in [0.25, 0.3) is 0 Å². The van der Waals surface area contributed by atoms with Gasteiger partial charge >= 0.3 is 17.9 Å². The van der Waals surface area contributed by atoms with Gasteiger partial charge in [0, 0.05) is 17.3 Å². The number of carbonyl (C=O) groups is 4. The Kier molecular flexibility index (Phi) is 2.71. The third-order valence-electron chi connectivity index (χ3n) is 4.23. The van der Waals surface area contributed by atoms with Gasteiger partial charge in [-0.3, -0.25) is 4.79 Å². The van der Waals surface area contributed by atoms with Crippen LogP contribution in [0.3, 0.4) is 0 Å². The van der Waals surface area contributed by atoms with Crippen LogP contribution in [0.1, 0.15) is 32.5 Å². The number of nitrogens with zero attached hydrogens (tertiary/aromatic N) is 2. The van der Waals surface area contributed by atoms with Gasteiger partial charge < -0.3 is 20.3 Å². The fourth-order valence-corrected chi connectivity index (χ4v) is 3.22. The number of hydrogen-bond acceptors (Lipinski definition) is 5. The molecule has 1 atom stereocenters. The first-order valence-corrected chi connectivity index (χ1v) is 6.95. The van der Waals surface area contributed by atoms with Crippen LogP contribution in [-0.4, -0.2) is 60.6 Å². The van der Waals surface area contributed by atoms with Crippen molar-refractivity contribution in [1.82, 2.24) is 4.98 Å². The summed E-state index contributed by atoms with van der Waals surface area (Å²) in [6.45, 7) is 0. The maximum Gasteiger partial charge on any atom is 0.376 e. The van der Waals surface area contributed by atoms with Crippen LogP contribution >= 0.6 is 0 Å². The summed E-state index contributed by atoms with van der Waals surface area (Å²) in [4.78, 5) is 53.4. The predicted molar refractivity (Wildman–Crippen MR) is 79.0 cm³/mol. The molecule has 1 aromatic rings. The molecule has 0 bridgehead atoms. The topological polar surface area (TPSA) is 160 Å². The Morgan fingerprint density at radius 2 is 1.84 bits per heavy atom. The minimum atomic E-state index is -1.38. The zero-order chi connectivity index (χ0) is 18.0. The number of fused-ring (bicyclic) bond motifs is 2. The lowest BCUT2D eigenvalue weighted by Gasteiger charge is -2.24. The van der Waals surface area contributed by atoms with E-state index < -0.39 is 29.6 Å². The quantitative estimate of drug-likeness (QED) is 0.554. The Morgan fingerprint density at radius 3 is 2.44 bits per heavy atom. The van der Waals surface area contributed by atoms with Crippen LogP contribution in [0, 0.1) is 0 Å². The number of aromatic amines is 1. The summed E-state index contributed by atoms with van der Waals surface area (Å²) in [7, 11) is 0. The van der Waals surface area contributed by atoms with Gasteiger partial charge in [0.05, 0.1) is 11.5 Å². The lowest BCUT2D eigenvalue weighted by Crippen LogP contribution is -2.35. The van der Waals surface area contributed by atoms with Gasteiger partial charge in [0.25, 0.3) is 12.0 Å². The fraction of sp³-hybridized carbons (Fsp3) is 0.0667. The molecular weight excluding hydrogens is 334 g/mol. The molecule has 1 aromatic heterocycles. The van der Waals surface area contributed by atoms with Gasteiger partial charge in [-0.2, -0.15) is 4.58 Å². The second kappa shape index (κ2) is 4.60. The summed E-state index contributed by atoms with van der Waals surface area (Å²) in [5.74, 6) is -5.70. The summed E-state index contributed by atoms with van der Waals surface area (Å²) in [6, 6.07) is 1.12. The summed E-state index contributed by atoms with van der Waals surface area (Å²) in [5.41, 5.74) is -0.830. The number of aromatic nitrogens is 1. The van der Waals surface area contributed by atoms with Gasteiger partial charge in [-0.1, -0.05) is 0 Å². The molecule has 0 fully saturated rings. The van der Waals surface area contributed by atoms with Crippen molar-refractivity contribution in [2.45, 2.75) is 5.92 Å². The Bertz CT molecular complexity index is 1050. The fourth-order valence-electron chi connectivity index (χ4n) is 3.22. The highest BCUT2D eigenvalue weighted by Crippen LogP contribution is 2.44. The van der Waals surface area contributed by atoms with E-state index in [2.05, 4.69) is 9.98 Å². The first kappa shape index (κ1) is 14.8. The van der Waals surface area contributed by atoms with Crippen LogP contribution in [0.4, 0.5) is 0 Å². The molecule has 2 aliphatic heterocycles. The first-order chi connectivity index (χ1) is 11.8. The van der Waals surface area contributed by atoms with Crippen molar-refractivity contribution in [3.05, 3.63) is 46.1 Å². The summed E-state index contributed by atoms with van der Waals surface area (Å²) >= 11 is 0. The standard InChI is InChI=1S/C15H7N3O7/c19-12-5-1-6(14(22)23)17-9(5)8-4(13(20)21)2-7(15(24)25)18-3-16-10(12)11(8)18/h1-3,8H,(H3-,17,19,20,21,22,23,24,25)/p+1. The van der Waals surface area contributed by atoms with E-state index in [1.807, 2.05) is 0 Å². The number of Topliss-reactive ketones (excluding diaryl/α,β-unsaturated/α-hetero) is 1. The molecule has 0 radical (unpaired) electrons. The van der Waals surface area contributed by atoms with Crippen molar-refractivity contribution in [3.63, 3.8) is 0 Å². The van der Waals surface area contributed by atoms with Crippen LogP contribution in [0.5, 0.6) is 0 Å². The normalized spacial score (nSPS) is 20.4. The third kappa shape index (κ3) is 1.78. The van der Waals surface area contributed by atoms with Crippen LogP contribution < -0.4 is 0 Å². The van der Waals surface area contributed by atoms with Gasteiger partial charge in [0.1, 0.15) is 5.69 Å². The molecule has 4 rings (SSSR count). The molecule has 1 aliphatic carbocycles. The van der Waals surface area contributed by atoms with E-state index in [1.54, 1.807) is 0 Å². The zero-order valence-electron chi connectivity index (χ0n) is 12.2. The number of allylic oxidation sites excluding steroid dienone is 2. The maximum atomic E-state index is 12.6. The first-order valence-electron chi connectivity index (χ1n) is 6.95. The summed E-state index contributed by atoms with van der Waals surface area (Å²) in [5, 5.41) is 27.9. The zero-order valence-corrected chi connectivity index (χ0v) is 12.2. The minimum absolute atomic E-state index is 0.00563. The Hall–Kier alpha value is -3.82. The largest absolute Gasteiger partial charge is 0.478 e. The number of aliphatic imine (C=N–C) groups is 1. The molecule has 10 nitrogen and oxygen atoms in total. The number of aliphatic carboxylic acids is 2. The maximum absolute atomic E-state index is 12.6.